The summed E-state index contributed by atoms with van der Waals surface area (Å²) < 4.78 is 5.64. The number of thiophene rings is 1. The van der Waals surface area contributed by atoms with Crippen LogP contribution in [0.4, 0.5) is 0 Å². The lowest BCUT2D eigenvalue weighted by molar-refractivity contribution is -0.127. The zero-order chi connectivity index (χ0) is 17.8. The molecule has 3 rings (SSSR count). The Morgan fingerprint density at radius 2 is 2.12 bits per heavy atom. The first-order chi connectivity index (χ1) is 12.0. The van der Waals surface area contributed by atoms with Crippen molar-refractivity contribution in [2.75, 3.05) is 0 Å². The topological polar surface area (TPSA) is 51.2 Å². The van der Waals surface area contributed by atoms with Gasteiger partial charge in [0.25, 0.3) is 5.91 Å². The fourth-order valence-corrected chi connectivity index (χ4v) is 4.17. The summed E-state index contributed by atoms with van der Waals surface area (Å²) in [6.07, 6.45) is -0.634. The number of benzene rings is 1. The number of rotatable bonds is 6. The van der Waals surface area contributed by atoms with Gasteiger partial charge in [-0.3, -0.25) is 4.79 Å². The van der Waals surface area contributed by atoms with Crippen molar-refractivity contribution in [1.29, 1.82) is 0 Å². The molecule has 0 aliphatic rings. The third-order valence-electron chi connectivity index (χ3n) is 3.56. The number of carbonyl (C=O) groups excluding carboxylic acids is 1. The van der Waals surface area contributed by atoms with Crippen molar-refractivity contribution in [1.82, 2.24) is 10.3 Å². The van der Waals surface area contributed by atoms with Gasteiger partial charge in [0.05, 0.1) is 22.1 Å². The van der Waals surface area contributed by atoms with Crippen LogP contribution in [0.2, 0.25) is 5.02 Å². The van der Waals surface area contributed by atoms with E-state index in [0.717, 1.165) is 20.5 Å². The van der Waals surface area contributed by atoms with Crippen LogP contribution in [0.1, 0.15) is 17.5 Å². The second kappa shape index (κ2) is 7.99. The second-order valence-corrected chi connectivity index (χ2v) is 7.85. The Labute approximate surface area is 159 Å². The zero-order valence-electron chi connectivity index (χ0n) is 13.8. The summed E-state index contributed by atoms with van der Waals surface area (Å²) in [5.41, 5.74) is 0.938. The molecule has 0 saturated heterocycles. The molecule has 0 fully saturated rings. The van der Waals surface area contributed by atoms with E-state index in [1.54, 1.807) is 41.7 Å². The maximum Gasteiger partial charge on any atom is 0.261 e. The maximum atomic E-state index is 12.3. The number of aromatic nitrogens is 1. The second-order valence-electron chi connectivity index (χ2n) is 5.41. The number of para-hydroxylation sites is 1. The van der Waals surface area contributed by atoms with Crippen LogP contribution >= 0.6 is 34.3 Å². The highest BCUT2D eigenvalue weighted by Gasteiger charge is 2.17. The number of nitrogens with zero attached hydrogens (tertiary/aromatic N) is 1. The van der Waals surface area contributed by atoms with Gasteiger partial charge in [0.15, 0.2) is 6.10 Å². The molecule has 25 heavy (non-hydrogen) atoms. The summed E-state index contributed by atoms with van der Waals surface area (Å²) in [7, 11) is 0. The van der Waals surface area contributed by atoms with Crippen LogP contribution in [-0.2, 0) is 11.3 Å². The summed E-state index contributed by atoms with van der Waals surface area (Å²) in [4.78, 5) is 19.1. The van der Waals surface area contributed by atoms with Crippen LogP contribution in [0.15, 0.2) is 41.8 Å². The highest BCUT2D eigenvalue weighted by atomic mass is 35.5. The highest BCUT2D eigenvalue weighted by molar-refractivity contribution is 7.21. The lowest BCUT2D eigenvalue weighted by Gasteiger charge is -2.15. The predicted octanol–water partition coefficient (Wildman–Crippen LogP) is 4.92. The van der Waals surface area contributed by atoms with Crippen molar-refractivity contribution in [3.63, 3.8) is 0 Å². The molecule has 0 aliphatic heterocycles. The summed E-state index contributed by atoms with van der Waals surface area (Å²) in [5, 5.41) is 6.40. The van der Waals surface area contributed by atoms with E-state index in [0.29, 0.717) is 17.3 Å². The van der Waals surface area contributed by atoms with Gasteiger partial charge in [-0.2, -0.15) is 0 Å². The van der Waals surface area contributed by atoms with Crippen LogP contribution in [0.3, 0.4) is 0 Å². The van der Waals surface area contributed by atoms with Gasteiger partial charge >= 0.3 is 0 Å². The van der Waals surface area contributed by atoms with E-state index >= 15 is 0 Å². The number of hydrogen-bond donors (Lipinski definition) is 1. The SMILES string of the molecule is Cc1nc(-c2cccs2)sc1CNC(=O)[C@@H](C)Oc1ccccc1Cl. The smallest absolute Gasteiger partial charge is 0.261 e. The standard InChI is InChI=1S/C18H17ClN2O2S2/c1-11-16(25-18(21-11)15-8-5-9-24-15)10-20-17(22)12(2)23-14-7-4-3-6-13(14)19/h3-9,12H,10H2,1-2H3,(H,20,22)/t12-/m1/s1. The minimum Gasteiger partial charge on any atom is -0.479 e. The van der Waals surface area contributed by atoms with Gasteiger partial charge in [0, 0.05) is 4.88 Å². The monoisotopic (exact) mass is 392 g/mol. The Bertz CT molecular complexity index is 862. The third kappa shape index (κ3) is 4.39. The molecule has 0 radical (unpaired) electrons. The van der Waals surface area contributed by atoms with Crippen molar-refractivity contribution in [2.45, 2.75) is 26.5 Å². The zero-order valence-corrected chi connectivity index (χ0v) is 16.2. The number of thiazole rings is 1. The molecule has 0 unspecified atom stereocenters. The lowest BCUT2D eigenvalue weighted by atomic mass is 10.3. The number of amides is 1. The van der Waals surface area contributed by atoms with Crippen LogP contribution in [0, 0.1) is 6.92 Å². The molecule has 0 spiro atoms. The molecule has 130 valence electrons. The average molecular weight is 393 g/mol. The number of nitrogens with one attached hydrogen (secondary N) is 1. The highest BCUT2D eigenvalue weighted by Crippen LogP contribution is 2.31. The molecule has 4 nitrogen and oxygen atoms in total. The van der Waals surface area contributed by atoms with Crippen LogP contribution in [0.25, 0.3) is 9.88 Å². The molecule has 3 aromatic rings. The predicted molar refractivity (Wildman–Crippen MR) is 104 cm³/mol. The van der Waals surface area contributed by atoms with Gasteiger partial charge in [0.1, 0.15) is 10.8 Å². The third-order valence-corrected chi connectivity index (χ3v) is 6.07. The van der Waals surface area contributed by atoms with E-state index in [1.165, 1.54) is 0 Å². The Kier molecular flexibility index (Phi) is 5.73. The molecule has 1 N–H and O–H groups in total. The molecule has 0 aliphatic carbocycles. The minimum atomic E-state index is -0.634. The molecule has 1 amide bonds. The van der Waals surface area contributed by atoms with E-state index in [-0.39, 0.29) is 5.91 Å². The number of hydrogen-bond acceptors (Lipinski definition) is 5. The Morgan fingerprint density at radius 1 is 1.32 bits per heavy atom. The van der Waals surface area contributed by atoms with Crippen molar-refractivity contribution in [3.8, 4) is 15.6 Å². The molecular weight excluding hydrogens is 376 g/mol. The Morgan fingerprint density at radius 3 is 2.84 bits per heavy atom. The van der Waals surface area contributed by atoms with Gasteiger partial charge in [-0.1, -0.05) is 29.8 Å². The number of ether oxygens (including phenoxy) is 1. The number of carbonyl (C=O) groups is 1. The summed E-state index contributed by atoms with van der Waals surface area (Å²) >= 11 is 9.31. The van der Waals surface area contributed by atoms with Gasteiger partial charge in [0.2, 0.25) is 0 Å². The van der Waals surface area contributed by atoms with Gasteiger partial charge < -0.3 is 10.1 Å². The molecule has 1 aromatic carbocycles. The summed E-state index contributed by atoms with van der Waals surface area (Å²) in [6.45, 7) is 4.10. The van der Waals surface area contributed by atoms with E-state index in [9.17, 15) is 4.79 Å². The fraction of sp³-hybridized carbons (Fsp3) is 0.222. The normalized spacial score (nSPS) is 12.0. The van der Waals surface area contributed by atoms with E-state index in [2.05, 4.69) is 10.3 Å². The molecule has 2 heterocycles. The van der Waals surface area contributed by atoms with Crippen molar-refractivity contribution < 1.29 is 9.53 Å². The number of aryl methyl sites for hydroxylation is 1. The first-order valence-corrected chi connectivity index (χ1v) is 9.81. The molecule has 2 aromatic heterocycles. The first kappa shape index (κ1) is 17.9. The van der Waals surface area contributed by atoms with Crippen molar-refractivity contribution in [2.24, 2.45) is 0 Å². The van der Waals surface area contributed by atoms with Gasteiger partial charge in [-0.15, -0.1) is 22.7 Å². The van der Waals surface area contributed by atoms with E-state index in [4.69, 9.17) is 16.3 Å². The lowest BCUT2D eigenvalue weighted by Crippen LogP contribution is -2.35. The van der Waals surface area contributed by atoms with E-state index < -0.39 is 6.10 Å². The maximum absolute atomic E-state index is 12.3. The summed E-state index contributed by atoms with van der Waals surface area (Å²) in [6, 6.07) is 11.2. The van der Waals surface area contributed by atoms with Crippen molar-refractivity contribution >= 4 is 40.2 Å². The first-order valence-electron chi connectivity index (χ1n) is 7.73. The fourth-order valence-electron chi connectivity index (χ4n) is 2.19. The molecule has 7 heteroatoms. The largest absolute Gasteiger partial charge is 0.479 e. The average Bonchev–Trinajstić information content (AvgIpc) is 3.24. The quantitative estimate of drug-likeness (QED) is 0.647. The van der Waals surface area contributed by atoms with Gasteiger partial charge in [-0.05, 0) is 37.4 Å². The van der Waals surface area contributed by atoms with E-state index in [1.807, 2.05) is 36.6 Å². The molecule has 0 bridgehead atoms. The van der Waals surface area contributed by atoms with Crippen LogP contribution in [-0.4, -0.2) is 17.0 Å². The molecule has 1 atom stereocenters. The van der Waals surface area contributed by atoms with Crippen molar-refractivity contribution in [3.05, 3.63) is 57.4 Å². The Hall–Kier alpha value is -1.89. The van der Waals surface area contributed by atoms with Crippen LogP contribution < -0.4 is 10.1 Å². The minimum absolute atomic E-state index is 0.189. The summed E-state index contributed by atoms with van der Waals surface area (Å²) in [5.74, 6) is 0.311. The van der Waals surface area contributed by atoms with Crippen LogP contribution in [0.5, 0.6) is 5.75 Å². The number of halogens is 1. The molecule has 0 saturated carbocycles. The van der Waals surface area contributed by atoms with Gasteiger partial charge in [-0.25, -0.2) is 4.98 Å². The molecular formula is C18H17ClN2O2S2. The Balaban J connectivity index is 1.60.